The lowest BCUT2D eigenvalue weighted by Crippen LogP contribution is -2.36. The second-order valence-corrected chi connectivity index (χ2v) is 6.72. The first-order valence-corrected chi connectivity index (χ1v) is 9.77. The number of nitriles is 1. The molecule has 1 aliphatic heterocycles. The van der Waals surface area contributed by atoms with Gasteiger partial charge in [0.25, 0.3) is 0 Å². The van der Waals surface area contributed by atoms with E-state index in [-0.39, 0.29) is 0 Å². The highest BCUT2D eigenvalue weighted by molar-refractivity contribution is 5.96. The summed E-state index contributed by atoms with van der Waals surface area (Å²) in [5.41, 5.74) is 3.31. The molecular formula is C22H22N6O3. The van der Waals surface area contributed by atoms with Crippen molar-refractivity contribution in [1.29, 1.82) is 5.26 Å². The lowest BCUT2D eigenvalue weighted by molar-refractivity contribution is 0.122. The summed E-state index contributed by atoms with van der Waals surface area (Å²) < 4.78 is 16.2. The molecule has 4 rings (SSSR count). The zero-order valence-corrected chi connectivity index (χ0v) is 17.0. The molecule has 2 N–H and O–H groups in total. The Balaban J connectivity index is 1.52. The number of ether oxygens (including phenoxy) is 2. The molecule has 9 nitrogen and oxygen atoms in total. The van der Waals surface area contributed by atoms with Crippen molar-refractivity contribution < 1.29 is 13.9 Å². The van der Waals surface area contributed by atoms with Crippen LogP contribution in [-0.4, -0.2) is 44.4 Å². The topological polar surface area (TPSA) is 108 Å². The number of aliphatic imine (C=N–C) groups is 1. The molecule has 1 fully saturated rings. The average molecular weight is 418 g/mol. The molecule has 2 heterocycles. The van der Waals surface area contributed by atoms with Gasteiger partial charge in [0.15, 0.2) is 18.3 Å². The van der Waals surface area contributed by atoms with Crippen LogP contribution in [0.25, 0.3) is 11.3 Å². The molecule has 0 atom stereocenters. The normalized spacial score (nSPS) is 14.1. The van der Waals surface area contributed by atoms with E-state index in [0.717, 1.165) is 37.6 Å². The Morgan fingerprint density at radius 2 is 2.00 bits per heavy atom. The Morgan fingerprint density at radius 3 is 2.68 bits per heavy atom. The van der Waals surface area contributed by atoms with E-state index in [1.807, 2.05) is 42.6 Å². The van der Waals surface area contributed by atoms with Crippen molar-refractivity contribution >= 4 is 23.0 Å². The number of benzene rings is 2. The van der Waals surface area contributed by atoms with Gasteiger partial charge in [-0.15, -0.1) is 0 Å². The molecule has 31 heavy (non-hydrogen) atoms. The van der Waals surface area contributed by atoms with Gasteiger partial charge in [0.1, 0.15) is 5.75 Å². The molecule has 1 saturated heterocycles. The van der Waals surface area contributed by atoms with Crippen LogP contribution in [0.4, 0.5) is 17.1 Å². The largest absolute Gasteiger partial charge is 0.496 e. The van der Waals surface area contributed by atoms with E-state index in [4.69, 9.17) is 19.2 Å². The van der Waals surface area contributed by atoms with E-state index in [9.17, 15) is 0 Å². The van der Waals surface area contributed by atoms with Crippen molar-refractivity contribution in [3.05, 3.63) is 55.1 Å². The quantitative estimate of drug-likeness (QED) is 0.281. The summed E-state index contributed by atoms with van der Waals surface area (Å²) >= 11 is 0. The van der Waals surface area contributed by atoms with Gasteiger partial charge in [-0.05, 0) is 36.4 Å². The first kappa shape index (κ1) is 20.3. The molecule has 1 aliphatic rings. The standard InChI is InChI=1S/C22H22N6O3/c1-29-20-12-17(4-7-19(20)21-13-24-15-31-21)27-22(25-14-23)26-16-2-5-18(6-3-16)28-8-10-30-11-9-28/h2-7,12-13,15H,8-11H2,1H3,(H2,25,26,27). The molecular weight excluding hydrogens is 396 g/mol. The van der Waals surface area contributed by atoms with Gasteiger partial charge in [0.05, 0.1) is 37.8 Å². The summed E-state index contributed by atoms with van der Waals surface area (Å²) in [7, 11) is 1.58. The number of methoxy groups -OCH3 is 1. The Hall–Kier alpha value is -4.03. The molecule has 0 unspecified atom stereocenters. The van der Waals surface area contributed by atoms with Crippen LogP contribution in [0, 0.1) is 11.5 Å². The molecule has 0 amide bonds. The van der Waals surface area contributed by atoms with Crippen molar-refractivity contribution in [3.8, 4) is 23.3 Å². The predicted octanol–water partition coefficient (Wildman–Crippen LogP) is 3.36. The third-order valence-electron chi connectivity index (χ3n) is 4.80. The van der Waals surface area contributed by atoms with Crippen LogP contribution >= 0.6 is 0 Å². The molecule has 0 bridgehead atoms. The van der Waals surface area contributed by atoms with Gasteiger partial charge in [0.2, 0.25) is 5.96 Å². The van der Waals surface area contributed by atoms with Gasteiger partial charge in [-0.25, -0.2) is 9.98 Å². The van der Waals surface area contributed by atoms with Crippen molar-refractivity contribution in [1.82, 2.24) is 10.3 Å². The lowest BCUT2D eigenvalue weighted by Gasteiger charge is -2.28. The number of oxazole rings is 1. The van der Waals surface area contributed by atoms with Gasteiger partial charge in [-0.1, -0.05) is 0 Å². The van der Waals surface area contributed by atoms with Crippen molar-refractivity contribution in [2.75, 3.05) is 43.6 Å². The van der Waals surface area contributed by atoms with E-state index >= 15 is 0 Å². The van der Waals surface area contributed by atoms with Crippen molar-refractivity contribution in [2.24, 2.45) is 4.99 Å². The predicted molar refractivity (Wildman–Crippen MR) is 117 cm³/mol. The van der Waals surface area contributed by atoms with Crippen LogP contribution in [0.5, 0.6) is 5.75 Å². The lowest BCUT2D eigenvalue weighted by atomic mass is 10.1. The summed E-state index contributed by atoms with van der Waals surface area (Å²) in [6, 6.07) is 13.4. The zero-order valence-electron chi connectivity index (χ0n) is 17.0. The monoisotopic (exact) mass is 418 g/mol. The molecule has 0 spiro atoms. The number of guanidine groups is 1. The maximum Gasteiger partial charge on any atom is 0.214 e. The number of anilines is 2. The second kappa shape index (κ2) is 9.65. The molecule has 0 radical (unpaired) electrons. The van der Waals surface area contributed by atoms with E-state index in [1.165, 1.54) is 6.39 Å². The van der Waals surface area contributed by atoms with Gasteiger partial charge in [0, 0.05) is 30.5 Å². The third kappa shape index (κ3) is 4.94. The van der Waals surface area contributed by atoms with Gasteiger partial charge >= 0.3 is 0 Å². The highest BCUT2D eigenvalue weighted by atomic mass is 16.5. The SMILES string of the molecule is COc1cc(NC(=Nc2ccc(N3CCOCC3)cc2)NC#N)ccc1-c1cnco1. The van der Waals surface area contributed by atoms with Gasteiger partial charge < -0.3 is 24.1 Å². The van der Waals surface area contributed by atoms with Crippen LogP contribution < -0.4 is 20.3 Å². The van der Waals surface area contributed by atoms with E-state index in [0.29, 0.717) is 28.8 Å². The summed E-state index contributed by atoms with van der Waals surface area (Å²) in [4.78, 5) is 10.7. The number of hydrogen-bond acceptors (Lipinski definition) is 7. The van der Waals surface area contributed by atoms with Crippen LogP contribution in [0.1, 0.15) is 0 Å². The van der Waals surface area contributed by atoms with Gasteiger partial charge in [-0.3, -0.25) is 5.32 Å². The van der Waals surface area contributed by atoms with E-state index in [2.05, 4.69) is 25.5 Å². The van der Waals surface area contributed by atoms with Crippen LogP contribution in [0.15, 0.2) is 64.5 Å². The van der Waals surface area contributed by atoms with Gasteiger partial charge in [-0.2, -0.15) is 5.26 Å². The third-order valence-corrected chi connectivity index (χ3v) is 4.80. The Kier molecular flexibility index (Phi) is 6.30. The highest BCUT2D eigenvalue weighted by Crippen LogP contribution is 2.32. The molecule has 158 valence electrons. The molecule has 0 saturated carbocycles. The fourth-order valence-electron chi connectivity index (χ4n) is 3.29. The van der Waals surface area contributed by atoms with E-state index < -0.39 is 0 Å². The maximum absolute atomic E-state index is 9.13. The molecule has 1 aromatic heterocycles. The Labute approximate surface area is 179 Å². The first-order chi connectivity index (χ1) is 15.3. The second-order valence-electron chi connectivity index (χ2n) is 6.72. The molecule has 9 heteroatoms. The smallest absolute Gasteiger partial charge is 0.214 e. The minimum atomic E-state index is 0.302. The maximum atomic E-state index is 9.13. The zero-order chi connectivity index (χ0) is 21.5. The number of hydrogen-bond donors (Lipinski definition) is 2. The van der Waals surface area contributed by atoms with Crippen molar-refractivity contribution in [3.63, 3.8) is 0 Å². The number of morpholine rings is 1. The molecule has 2 aromatic carbocycles. The highest BCUT2D eigenvalue weighted by Gasteiger charge is 2.12. The summed E-state index contributed by atoms with van der Waals surface area (Å²) in [5, 5.41) is 14.8. The fourth-order valence-corrected chi connectivity index (χ4v) is 3.29. The number of nitrogens with zero attached hydrogens (tertiary/aromatic N) is 4. The minimum absolute atomic E-state index is 0.302. The number of rotatable bonds is 5. The van der Waals surface area contributed by atoms with E-state index in [1.54, 1.807) is 19.4 Å². The first-order valence-electron chi connectivity index (χ1n) is 9.77. The summed E-state index contributed by atoms with van der Waals surface area (Å²) in [5.74, 6) is 1.51. The summed E-state index contributed by atoms with van der Waals surface area (Å²) in [6.07, 6.45) is 4.90. The fraction of sp³-hybridized carbons (Fsp3) is 0.227. The average Bonchev–Trinajstić information content (AvgIpc) is 3.35. The van der Waals surface area contributed by atoms with Crippen LogP contribution in [0.3, 0.4) is 0 Å². The Morgan fingerprint density at radius 1 is 1.19 bits per heavy atom. The van der Waals surface area contributed by atoms with Crippen molar-refractivity contribution in [2.45, 2.75) is 0 Å². The number of nitrogens with one attached hydrogen (secondary N) is 2. The minimum Gasteiger partial charge on any atom is -0.496 e. The van der Waals surface area contributed by atoms with Crippen LogP contribution in [0.2, 0.25) is 0 Å². The summed E-state index contributed by atoms with van der Waals surface area (Å²) in [6.45, 7) is 3.21. The molecule has 3 aromatic rings. The number of aromatic nitrogens is 1. The Bertz CT molecular complexity index is 1070. The molecule has 0 aliphatic carbocycles. The van der Waals surface area contributed by atoms with Crippen LogP contribution in [-0.2, 0) is 4.74 Å².